The monoisotopic (exact) mass is 392 g/mol. The molecule has 0 aliphatic rings. The molecule has 0 atom stereocenters. The highest BCUT2D eigenvalue weighted by molar-refractivity contribution is 14.0. The average molecular weight is 392 g/mol. The molecule has 2 N–H and O–H groups in total. The van der Waals surface area contributed by atoms with E-state index in [1.807, 2.05) is 12.1 Å². The molecule has 0 saturated carbocycles. The maximum atomic E-state index is 5.10. The molecule has 0 aromatic carbocycles. The molecule has 0 aliphatic carbocycles. The second-order valence-electron chi connectivity index (χ2n) is 4.27. The number of pyridine rings is 1. The lowest BCUT2D eigenvalue weighted by Crippen LogP contribution is -2.37. The first-order valence-corrected chi connectivity index (χ1v) is 6.73. The molecule has 0 saturated heterocycles. The van der Waals surface area contributed by atoms with E-state index in [4.69, 9.17) is 4.74 Å². The standard InChI is InChI=1S/C14H24N4O.HI/c1-4-5-6-8-17-14(15-2)18-11-12-7-9-16-13(10-12)19-3;/h7,9-10H,4-6,8,11H2,1-3H3,(H2,15,17,18);1H. The molecule has 0 fully saturated rings. The van der Waals surface area contributed by atoms with Crippen LogP contribution in [-0.4, -0.2) is 31.6 Å². The van der Waals surface area contributed by atoms with E-state index in [1.54, 1.807) is 20.4 Å². The van der Waals surface area contributed by atoms with Crippen LogP contribution in [0, 0.1) is 0 Å². The number of unbranched alkanes of at least 4 members (excludes halogenated alkanes) is 2. The van der Waals surface area contributed by atoms with Gasteiger partial charge >= 0.3 is 0 Å². The minimum absolute atomic E-state index is 0. The Hall–Kier alpha value is -1.05. The fraction of sp³-hybridized carbons (Fsp3) is 0.571. The van der Waals surface area contributed by atoms with Crippen LogP contribution in [0.4, 0.5) is 0 Å². The van der Waals surface area contributed by atoms with Crippen molar-refractivity contribution in [2.24, 2.45) is 4.99 Å². The van der Waals surface area contributed by atoms with E-state index in [0.717, 1.165) is 18.1 Å². The molecule has 0 aliphatic heterocycles. The minimum Gasteiger partial charge on any atom is -0.481 e. The third-order valence-corrected chi connectivity index (χ3v) is 2.76. The Bertz CT molecular complexity index is 399. The predicted octanol–water partition coefficient (Wildman–Crippen LogP) is 2.56. The van der Waals surface area contributed by atoms with E-state index in [0.29, 0.717) is 12.4 Å². The smallest absolute Gasteiger partial charge is 0.213 e. The first-order chi connectivity index (χ1) is 9.30. The van der Waals surface area contributed by atoms with Crippen molar-refractivity contribution in [3.8, 4) is 5.88 Å². The molecule has 1 rings (SSSR count). The predicted molar refractivity (Wildman–Crippen MR) is 93.9 cm³/mol. The van der Waals surface area contributed by atoms with Crippen molar-refractivity contribution < 1.29 is 4.74 Å². The summed E-state index contributed by atoms with van der Waals surface area (Å²) in [4.78, 5) is 8.27. The number of hydrogen-bond acceptors (Lipinski definition) is 3. The number of hydrogen-bond donors (Lipinski definition) is 2. The summed E-state index contributed by atoms with van der Waals surface area (Å²) in [7, 11) is 3.40. The Morgan fingerprint density at radius 2 is 2.15 bits per heavy atom. The van der Waals surface area contributed by atoms with Crippen LogP contribution >= 0.6 is 24.0 Å². The van der Waals surface area contributed by atoms with Gasteiger partial charge in [0.05, 0.1) is 7.11 Å². The SMILES string of the molecule is CCCCCNC(=NC)NCc1ccnc(OC)c1.I. The Morgan fingerprint density at radius 1 is 1.35 bits per heavy atom. The summed E-state index contributed by atoms with van der Waals surface area (Å²) in [6.07, 6.45) is 5.38. The molecular formula is C14H25IN4O. The highest BCUT2D eigenvalue weighted by Crippen LogP contribution is 2.07. The maximum Gasteiger partial charge on any atom is 0.213 e. The Morgan fingerprint density at radius 3 is 2.80 bits per heavy atom. The summed E-state index contributed by atoms with van der Waals surface area (Å²) in [5, 5.41) is 6.56. The van der Waals surface area contributed by atoms with Gasteiger partial charge in [0.25, 0.3) is 0 Å². The molecule has 0 spiro atoms. The van der Waals surface area contributed by atoms with E-state index < -0.39 is 0 Å². The van der Waals surface area contributed by atoms with Gasteiger partial charge in [0.1, 0.15) is 0 Å². The van der Waals surface area contributed by atoms with Crippen LogP contribution in [0.25, 0.3) is 0 Å². The van der Waals surface area contributed by atoms with Crippen LogP contribution in [0.3, 0.4) is 0 Å². The van der Waals surface area contributed by atoms with Gasteiger partial charge in [0.2, 0.25) is 5.88 Å². The van der Waals surface area contributed by atoms with Gasteiger partial charge in [-0.3, -0.25) is 4.99 Å². The number of halogens is 1. The fourth-order valence-corrected chi connectivity index (χ4v) is 1.66. The number of aromatic nitrogens is 1. The van der Waals surface area contributed by atoms with Gasteiger partial charge in [0.15, 0.2) is 5.96 Å². The first-order valence-electron chi connectivity index (χ1n) is 6.73. The normalized spacial score (nSPS) is 10.7. The summed E-state index contributed by atoms with van der Waals surface area (Å²) >= 11 is 0. The lowest BCUT2D eigenvalue weighted by Gasteiger charge is -2.12. The Kier molecular flexibility index (Phi) is 11.1. The third-order valence-electron chi connectivity index (χ3n) is 2.76. The lowest BCUT2D eigenvalue weighted by molar-refractivity contribution is 0.397. The summed E-state index contributed by atoms with van der Waals surface area (Å²) in [6, 6.07) is 3.87. The average Bonchev–Trinajstić information content (AvgIpc) is 2.47. The van der Waals surface area contributed by atoms with Gasteiger partial charge in [-0.25, -0.2) is 4.98 Å². The zero-order chi connectivity index (χ0) is 13.9. The second-order valence-corrected chi connectivity index (χ2v) is 4.27. The molecule has 5 nitrogen and oxygen atoms in total. The van der Waals surface area contributed by atoms with Crippen LogP contribution in [-0.2, 0) is 6.54 Å². The molecule has 1 aromatic heterocycles. The van der Waals surface area contributed by atoms with E-state index in [-0.39, 0.29) is 24.0 Å². The lowest BCUT2D eigenvalue weighted by atomic mass is 10.2. The molecule has 0 unspecified atom stereocenters. The van der Waals surface area contributed by atoms with Crippen molar-refractivity contribution in [1.82, 2.24) is 15.6 Å². The Labute approximate surface area is 138 Å². The van der Waals surface area contributed by atoms with E-state index in [9.17, 15) is 0 Å². The molecule has 0 radical (unpaired) electrons. The molecule has 20 heavy (non-hydrogen) atoms. The third kappa shape index (κ3) is 7.52. The molecular weight excluding hydrogens is 367 g/mol. The number of nitrogens with one attached hydrogen (secondary N) is 2. The zero-order valence-electron chi connectivity index (χ0n) is 12.5. The number of nitrogens with zero attached hydrogens (tertiary/aromatic N) is 2. The zero-order valence-corrected chi connectivity index (χ0v) is 14.8. The van der Waals surface area contributed by atoms with Crippen molar-refractivity contribution in [2.75, 3.05) is 20.7 Å². The maximum absolute atomic E-state index is 5.10. The molecule has 114 valence electrons. The number of aliphatic imine (C=N–C) groups is 1. The number of rotatable bonds is 7. The van der Waals surface area contributed by atoms with Crippen molar-refractivity contribution in [2.45, 2.75) is 32.7 Å². The van der Waals surface area contributed by atoms with Crippen LogP contribution in [0.2, 0.25) is 0 Å². The molecule has 0 amide bonds. The fourth-order valence-electron chi connectivity index (χ4n) is 1.66. The van der Waals surface area contributed by atoms with E-state index in [1.165, 1.54) is 19.3 Å². The van der Waals surface area contributed by atoms with Crippen LogP contribution < -0.4 is 15.4 Å². The largest absolute Gasteiger partial charge is 0.481 e. The van der Waals surface area contributed by atoms with Gasteiger partial charge < -0.3 is 15.4 Å². The second kappa shape index (κ2) is 11.7. The van der Waals surface area contributed by atoms with Gasteiger partial charge in [-0.1, -0.05) is 19.8 Å². The molecule has 0 bridgehead atoms. The first kappa shape index (κ1) is 18.9. The highest BCUT2D eigenvalue weighted by Gasteiger charge is 1.99. The molecule has 1 aromatic rings. The van der Waals surface area contributed by atoms with Gasteiger partial charge in [-0.15, -0.1) is 24.0 Å². The summed E-state index contributed by atoms with van der Waals surface area (Å²) < 4.78 is 5.10. The van der Waals surface area contributed by atoms with Crippen molar-refractivity contribution in [3.05, 3.63) is 23.9 Å². The highest BCUT2D eigenvalue weighted by atomic mass is 127. The number of ether oxygens (including phenoxy) is 1. The van der Waals surface area contributed by atoms with Crippen molar-refractivity contribution >= 4 is 29.9 Å². The quantitative estimate of drug-likeness (QED) is 0.324. The van der Waals surface area contributed by atoms with Gasteiger partial charge in [-0.2, -0.15) is 0 Å². The number of methoxy groups -OCH3 is 1. The van der Waals surface area contributed by atoms with E-state index >= 15 is 0 Å². The summed E-state index contributed by atoms with van der Waals surface area (Å²) in [6.45, 7) is 3.85. The molecule has 1 heterocycles. The summed E-state index contributed by atoms with van der Waals surface area (Å²) in [5.41, 5.74) is 1.11. The van der Waals surface area contributed by atoms with Crippen LogP contribution in [0.5, 0.6) is 5.88 Å². The Balaban J connectivity index is 0.00000361. The van der Waals surface area contributed by atoms with Crippen LogP contribution in [0.1, 0.15) is 31.7 Å². The van der Waals surface area contributed by atoms with Gasteiger partial charge in [0, 0.05) is 32.4 Å². The van der Waals surface area contributed by atoms with Crippen molar-refractivity contribution in [1.29, 1.82) is 0 Å². The van der Waals surface area contributed by atoms with E-state index in [2.05, 4.69) is 27.5 Å². The molecule has 6 heteroatoms. The van der Waals surface area contributed by atoms with Gasteiger partial charge in [-0.05, 0) is 18.1 Å². The number of guanidine groups is 1. The van der Waals surface area contributed by atoms with Crippen molar-refractivity contribution in [3.63, 3.8) is 0 Å². The minimum atomic E-state index is 0. The summed E-state index contributed by atoms with van der Waals surface area (Å²) in [5.74, 6) is 1.46. The van der Waals surface area contributed by atoms with Crippen LogP contribution in [0.15, 0.2) is 23.3 Å². The topological polar surface area (TPSA) is 58.5 Å².